The number of thioether (sulfide) groups is 2. The Morgan fingerprint density at radius 1 is 1.10 bits per heavy atom. The van der Waals surface area contributed by atoms with Crippen molar-refractivity contribution in [3.63, 3.8) is 0 Å². The molecule has 5 nitrogen and oxygen atoms in total. The molecule has 1 amide bonds. The van der Waals surface area contributed by atoms with Gasteiger partial charge in [0, 0.05) is 10.6 Å². The molecular formula is C17H12Cl2F2N4OS3. The van der Waals surface area contributed by atoms with Gasteiger partial charge in [0.05, 0.1) is 21.5 Å². The SMILES string of the molecule is O=C(CSc1nnc(Nc2ccc(SC(F)F)cc2)s1)Nc1c(Cl)cccc1Cl. The molecule has 0 bridgehead atoms. The van der Waals surface area contributed by atoms with Gasteiger partial charge in [-0.2, -0.15) is 8.78 Å². The van der Waals surface area contributed by atoms with Crippen LogP contribution < -0.4 is 10.6 Å². The fraction of sp³-hybridized carbons (Fsp3) is 0.118. The van der Waals surface area contributed by atoms with Gasteiger partial charge in [-0.05, 0) is 36.4 Å². The van der Waals surface area contributed by atoms with Crippen molar-refractivity contribution in [2.75, 3.05) is 16.4 Å². The molecule has 0 unspecified atom stereocenters. The van der Waals surface area contributed by atoms with Gasteiger partial charge < -0.3 is 10.6 Å². The average molecular weight is 493 g/mol. The first kappa shape index (κ1) is 22.1. The third kappa shape index (κ3) is 6.71. The number of amides is 1. The summed E-state index contributed by atoms with van der Waals surface area (Å²) in [4.78, 5) is 12.6. The molecule has 0 spiro atoms. The maximum Gasteiger partial charge on any atom is 0.288 e. The predicted molar refractivity (Wildman–Crippen MR) is 117 cm³/mol. The van der Waals surface area contributed by atoms with E-state index >= 15 is 0 Å². The first-order valence-electron chi connectivity index (χ1n) is 7.93. The zero-order valence-corrected chi connectivity index (χ0v) is 18.3. The maximum absolute atomic E-state index is 12.3. The summed E-state index contributed by atoms with van der Waals surface area (Å²) in [7, 11) is 0. The van der Waals surface area contributed by atoms with Gasteiger partial charge >= 0.3 is 0 Å². The number of nitrogens with zero attached hydrogens (tertiary/aromatic N) is 2. The van der Waals surface area contributed by atoms with Crippen LogP contribution in [-0.4, -0.2) is 27.6 Å². The van der Waals surface area contributed by atoms with E-state index in [4.69, 9.17) is 23.2 Å². The molecule has 152 valence electrons. The highest BCUT2D eigenvalue weighted by atomic mass is 35.5. The van der Waals surface area contributed by atoms with Crippen LogP contribution in [0.4, 0.5) is 25.3 Å². The van der Waals surface area contributed by atoms with Crippen LogP contribution in [0.2, 0.25) is 10.0 Å². The third-order valence-electron chi connectivity index (χ3n) is 3.29. The predicted octanol–water partition coefficient (Wildman–Crippen LogP) is 6.63. The van der Waals surface area contributed by atoms with Crippen molar-refractivity contribution in [3.8, 4) is 0 Å². The Kier molecular flexibility index (Phi) is 7.96. The molecule has 0 aliphatic carbocycles. The minimum Gasteiger partial charge on any atom is -0.330 e. The highest BCUT2D eigenvalue weighted by molar-refractivity contribution is 8.01. The maximum atomic E-state index is 12.3. The van der Waals surface area contributed by atoms with Crippen LogP contribution in [0.15, 0.2) is 51.7 Å². The fourth-order valence-electron chi connectivity index (χ4n) is 2.08. The van der Waals surface area contributed by atoms with Gasteiger partial charge in [0.1, 0.15) is 0 Å². The van der Waals surface area contributed by atoms with Crippen molar-refractivity contribution < 1.29 is 13.6 Å². The lowest BCUT2D eigenvalue weighted by Crippen LogP contribution is -2.14. The van der Waals surface area contributed by atoms with Gasteiger partial charge in [0.2, 0.25) is 11.0 Å². The van der Waals surface area contributed by atoms with Crippen LogP contribution in [-0.2, 0) is 4.79 Å². The number of benzene rings is 2. The number of hydrogen-bond donors (Lipinski definition) is 2. The van der Waals surface area contributed by atoms with E-state index in [2.05, 4.69) is 20.8 Å². The Bertz CT molecular complexity index is 969. The summed E-state index contributed by atoms with van der Waals surface area (Å²) in [6, 6.07) is 11.5. The highest BCUT2D eigenvalue weighted by Gasteiger charge is 2.12. The number of aromatic nitrogens is 2. The van der Waals surface area contributed by atoms with Gasteiger partial charge in [-0.3, -0.25) is 4.79 Å². The van der Waals surface area contributed by atoms with E-state index in [1.165, 1.54) is 23.1 Å². The zero-order chi connectivity index (χ0) is 20.8. The Morgan fingerprint density at radius 3 is 2.45 bits per heavy atom. The summed E-state index contributed by atoms with van der Waals surface area (Å²) in [6.45, 7) is 0. The normalized spacial score (nSPS) is 10.9. The minimum absolute atomic E-state index is 0.107. The van der Waals surface area contributed by atoms with Crippen LogP contribution in [0.25, 0.3) is 0 Å². The smallest absolute Gasteiger partial charge is 0.288 e. The average Bonchev–Trinajstić information content (AvgIpc) is 3.12. The molecule has 0 saturated carbocycles. The Labute approximate surface area is 187 Å². The monoisotopic (exact) mass is 492 g/mol. The molecule has 29 heavy (non-hydrogen) atoms. The summed E-state index contributed by atoms with van der Waals surface area (Å²) in [6.07, 6.45) is 0. The Balaban J connectivity index is 1.52. The first-order chi connectivity index (χ1) is 13.9. The van der Waals surface area contributed by atoms with Crippen molar-refractivity contribution in [2.24, 2.45) is 0 Å². The van der Waals surface area contributed by atoms with E-state index in [0.29, 0.717) is 47.5 Å². The second-order valence-corrected chi connectivity index (χ2v) is 9.41. The van der Waals surface area contributed by atoms with Crippen molar-refractivity contribution in [1.82, 2.24) is 10.2 Å². The molecule has 0 saturated heterocycles. The Hall–Kier alpha value is -1.59. The van der Waals surface area contributed by atoms with E-state index in [-0.39, 0.29) is 11.7 Å². The molecule has 0 aliphatic heterocycles. The quantitative estimate of drug-likeness (QED) is 0.343. The first-order valence-corrected chi connectivity index (χ1v) is 11.4. The number of carbonyl (C=O) groups is 1. The molecule has 3 aromatic rings. The highest BCUT2D eigenvalue weighted by Crippen LogP contribution is 2.32. The molecule has 1 heterocycles. The second-order valence-electron chi connectivity index (χ2n) is 5.33. The van der Waals surface area contributed by atoms with Crippen LogP contribution in [0.3, 0.4) is 0 Å². The number of carbonyl (C=O) groups excluding carboxylic acids is 1. The number of halogens is 4. The van der Waals surface area contributed by atoms with Gasteiger partial charge in [0.15, 0.2) is 4.34 Å². The number of rotatable bonds is 8. The van der Waals surface area contributed by atoms with Crippen LogP contribution in [0.5, 0.6) is 0 Å². The number of hydrogen-bond acceptors (Lipinski definition) is 7. The molecule has 0 aliphatic rings. The van der Waals surface area contributed by atoms with E-state index in [0.717, 1.165) is 0 Å². The lowest BCUT2D eigenvalue weighted by molar-refractivity contribution is -0.113. The largest absolute Gasteiger partial charge is 0.330 e. The number of anilines is 3. The lowest BCUT2D eigenvalue weighted by Gasteiger charge is -2.08. The molecule has 0 fully saturated rings. The Morgan fingerprint density at radius 2 is 1.79 bits per heavy atom. The molecule has 0 atom stereocenters. The summed E-state index contributed by atoms with van der Waals surface area (Å²) < 4.78 is 25.3. The molecule has 0 radical (unpaired) electrons. The molecule has 1 aromatic heterocycles. The number of para-hydroxylation sites is 1. The number of nitrogens with one attached hydrogen (secondary N) is 2. The molecule has 2 N–H and O–H groups in total. The summed E-state index contributed by atoms with van der Waals surface area (Å²) in [5, 5.41) is 15.0. The molecular weight excluding hydrogens is 481 g/mol. The van der Waals surface area contributed by atoms with Crippen molar-refractivity contribution in [1.29, 1.82) is 0 Å². The lowest BCUT2D eigenvalue weighted by atomic mass is 10.3. The van der Waals surface area contributed by atoms with Crippen molar-refractivity contribution >= 4 is 80.5 Å². The van der Waals surface area contributed by atoms with E-state index in [9.17, 15) is 13.6 Å². The fourth-order valence-corrected chi connectivity index (χ4v) is 4.64. The van der Waals surface area contributed by atoms with Gasteiger partial charge in [-0.25, -0.2) is 0 Å². The van der Waals surface area contributed by atoms with E-state index in [1.54, 1.807) is 42.5 Å². The molecule has 2 aromatic carbocycles. The number of alkyl halides is 2. The molecule has 12 heteroatoms. The van der Waals surface area contributed by atoms with Gasteiger partial charge in [0.25, 0.3) is 5.76 Å². The summed E-state index contributed by atoms with van der Waals surface area (Å²) in [5.41, 5.74) is 1.07. The van der Waals surface area contributed by atoms with Crippen LogP contribution in [0, 0.1) is 0 Å². The third-order valence-corrected chi connectivity index (χ3v) is 6.62. The van der Waals surface area contributed by atoms with Crippen molar-refractivity contribution in [2.45, 2.75) is 15.0 Å². The van der Waals surface area contributed by atoms with Crippen molar-refractivity contribution in [3.05, 3.63) is 52.5 Å². The second kappa shape index (κ2) is 10.4. The minimum atomic E-state index is -2.46. The van der Waals surface area contributed by atoms with E-state index in [1.807, 2.05) is 0 Å². The van der Waals surface area contributed by atoms with Gasteiger partial charge in [-0.15, -0.1) is 10.2 Å². The summed E-state index contributed by atoms with van der Waals surface area (Å²) >= 11 is 15.0. The summed E-state index contributed by atoms with van der Waals surface area (Å²) in [5.74, 6) is -2.63. The van der Waals surface area contributed by atoms with Gasteiger partial charge in [-0.1, -0.05) is 64.1 Å². The van der Waals surface area contributed by atoms with E-state index < -0.39 is 5.76 Å². The van der Waals surface area contributed by atoms with Crippen LogP contribution >= 0.6 is 58.1 Å². The molecule has 3 rings (SSSR count). The topological polar surface area (TPSA) is 66.9 Å². The zero-order valence-electron chi connectivity index (χ0n) is 14.4. The van der Waals surface area contributed by atoms with Crippen LogP contribution in [0.1, 0.15) is 0 Å². The standard InChI is InChI=1S/C17H12Cl2F2N4OS3/c18-11-2-1-3-12(19)14(11)23-13(26)8-27-17-25-24-16(29-17)22-9-4-6-10(7-5-9)28-15(20)21/h1-7,15H,8H2,(H,22,24)(H,23,26).